The third-order valence-corrected chi connectivity index (χ3v) is 2.66. The van der Waals surface area contributed by atoms with Crippen molar-refractivity contribution in [3.05, 3.63) is 0 Å². The molecule has 1 saturated heterocycles. The molecule has 1 fully saturated rings. The first-order chi connectivity index (χ1) is 6.86. The standard InChI is InChI=1S/C10H22N2O2.2ClH/c1-13-9-10(14-2)3-6-12-7-4-11-5-8-12;;/h10-11H,3-9H2,1-2H3;2*1H. The average molecular weight is 275 g/mol. The molecule has 16 heavy (non-hydrogen) atoms. The van der Waals surface area contributed by atoms with Gasteiger partial charge in [0.2, 0.25) is 0 Å². The van der Waals surface area contributed by atoms with Crippen molar-refractivity contribution in [2.45, 2.75) is 12.5 Å². The monoisotopic (exact) mass is 274 g/mol. The van der Waals surface area contributed by atoms with E-state index in [-0.39, 0.29) is 30.9 Å². The highest BCUT2D eigenvalue weighted by Crippen LogP contribution is 2.01. The lowest BCUT2D eigenvalue weighted by atomic mass is 10.2. The molecule has 100 valence electrons. The fourth-order valence-corrected chi connectivity index (χ4v) is 1.72. The van der Waals surface area contributed by atoms with Gasteiger partial charge in [0.25, 0.3) is 0 Å². The number of hydrogen-bond acceptors (Lipinski definition) is 4. The van der Waals surface area contributed by atoms with Gasteiger partial charge in [-0.15, -0.1) is 24.8 Å². The lowest BCUT2D eigenvalue weighted by Crippen LogP contribution is -2.44. The Bertz CT molecular complexity index is 142. The summed E-state index contributed by atoms with van der Waals surface area (Å²) in [4.78, 5) is 2.47. The van der Waals surface area contributed by atoms with Crippen LogP contribution in [0.5, 0.6) is 0 Å². The summed E-state index contributed by atoms with van der Waals surface area (Å²) in [5.41, 5.74) is 0. The highest BCUT2D eigenvalue weighted by atomic mass is 35.5. The van der Waals surface area contributed by atoms with Crippen molar-refractivity contribution >= 4 is 24.8 Å². The largest absolute Gasteiger partial charge is 0.382 e. The number of nitrogens with one attached hydrogen (secondary N) is 1. The molecule has 0 amide bonds. The lowest BCUT2D eigenvalue weighted by Gasteiger charge is -2.28. The minimum Gasteiger partial charge on any atom is -0.382 e. The zero-order valence-corrected chi connectivity index (χ0v) is 11.7. The first-order valence-corrected chi connectivity index (χ1v) is 5.31. The van der Waals surface area contributed by atoms with E-state index in [1.54, 1.807) is 14.2 Å². The Morgan fingerprint density at radius 3 is 2.31 bits per heavy atom. The van der Waals surface area contributed by atoms with E-state index < -0.39 is 0 Å². The molecule has 0 aromatic carbocycles. The van der Waals surface area contributed by atoms with E-state index in [1.807, 2.05) is 0 Å². The number of ether oxygens (including phenoxy) is 2. The van der Waals surface area contributed by atoms with Gasteiger partial charge >= 0.3 is 0 Å². The van der Waals surface area contributed by atoms with Gasteiger partial charge in [-0.1, -0.05) is 0 Å². The summed E-state index contributed by atoms with van der Waals surface area (Å²) >= 11 is 0. The van der Waals surface area contributed by atoms with Gasteiger partial charge < -0.3 is 19.7 Å². The summed E-state index contributed by atoms with van der Waals surface area (Å²) in [5.74, 6) is 0. The van der Waals surface area contributed by atoms with E-state index in [9.17, 15) is 0 Å². The maximum atomic E-state index is 5.31. The van der Waals surface area contributed by atoms with Gasteiger partial charge in [0, 0.05) is 46.9 Å². The summed E-state index contributed by atoms with van der Waals surface area (Å²) < 4.78 is 10.4. The van der Waals surface area contributed by atoms with Gasteiger partial charge in [-0.3, -0.25) is 0 Å². The van der Waals surface area contributed by atoms with E-state index in [0.717, 1.165) is 39.1 Å². The molecule has 0 aromatic rings. The van der Waals surface area contributed by atoms with E-state index >= 15 is 0 Å². The first-order valence-electron chi connectivity index (χ1n) is 5.31. The minimum atomic E-state index is 0. The van der Waals surface area contributed by atoms with Gasteiger partial charge in [-0.25, -0.2) is 0 Å². The third-order valence-electron chi connectivity index (χ3n) is 2.66. The molecule has 0 aromatic heterocycles. The van der Waals surface area contributed by atoms with Crippen LogP contribution in [0.1, 0.15) is 6.42 Å². The van der Waals surface area contributed by atoms with E-state index in [4.69, 9.17) is 9.47 Å². The maximum Gasteiger partial charge on any atom is 0.0816 e. The fraction of sp³-hybridized carbons (Fsp3) is 1.00. The zero-order valence-electron chi connectivity index (χ0n) is 10.1. The molecular weight excluding hydrogens is 251 g/mol. The van der Waals surface area contributed by atoms with Gasteiger partial charge in [0.15, 0.2) is 0 Å². The number of nitrogens with zero attached hydrogens (tertiary/aromatic N) is 1. The number of piperazine rings is 1. The molecule has 6 heteroatoms. The van der Waals surface area contributed by atoms with Crippen molar-refractivity contribution in [2.75, 3.05) is 53.6 Å². The first kappa shape index (κ1) is 18.8. The number of hydrogen-bond donors (Lipinski definition) is 1. The van der Waals surface area contributed by atoms with Gasteiger partial charge in [0.1, 0.15) is 0 Å². The Labute approximate surface area is 111 Å². The molecule has 1 atom stereocenters. The third kappa shape index (κ3) is 7.65. The van der Waals surface area contributed by atoms with Crippen LogP contribution in [-0.4, -0.2) is 64.6 Å². The fourth-order valence-electron chi connectivity index (χ4n) is 1.72. The molecule has 1 aliphatic heterocycles. The molecular formula is C10H24Cl2N2O2. The summed E-state index contributed by atoms with van der Waals surface area (Å²) in [5, 5.41) is 3.34. The van der Waals surface area contributed by atoms with Crippen molar-refractivity contribution in [1.82, 2.24) is 10.2 Å². The van der Waals surface area contributed by atoms with Crippen molar-refractivity contribution in [2.24, 2.45) is 0 Å². The van der Waals surface area contributed by atoms with E-state index in [0.29, 0.717) is 6.61 Å². The Kier molecular flexibility index (Phi) is 14.0. The second-order valence-electron chi connectivity index (χ2n) is 3.69. The summed E-state index contributed by atoms with van der Waals surface area (Å²) in [7, 11) is 3.47. The van der Waals surface area contributed by atoms with Crippen molar-refractivity contribution in [1.29, 1.82) is 0 Å². The van der Waals surface area contributed by atoms with Crippen LogP contribution in [0.4, 0.5) is 0 Å². The lowest BCUT2D eigenvalue weighted by molar-refractivity contribution is 0.0169. The maximum absolute atomic E-state index is 5.31. The molecule has 1 rings (SSSR count). The number of halogens is 2. The normalized spacial score (nSPS) is 18.4. The SMILES string of the molecule is COCC(CCN1CCNCC1)OC.Cl.Cl. The Hall–Kier alpha value is 0.420. The predicted octanol–water partition coefficient (Wildman–Crippen LogP) is 0.787. The molecule has 4 nitrogen and oxygen atoms in total. The topological polar surface area (TPSA) is 33.7 Å². The molecule has 0 radical (unpaired) electrons. The zero-order chi connectivity index (χ0) is 10.2. The molecule has 1 aliphatic rings. The van der Waals surface area contributed by atoms with E-state index in [2.05, 4.69) is 10.2 Å². The quantitative estimate of drug-likeness (QED) is 0.777. The Morgan fingerprint density at radius 2 is 1.81 bits per heavy atom. The van der Waals surface area contributed by atoms with Crippen LogP contribution in [0.2, 0.25) is 0 Å². The molecule has 1 N–H and O–H groups in total. The summed E-state index contributed by atoms with van der Waals surface area (Å²) in [6.45, 7) is 6.35. The van der Waals surface area contributed by atoms with Crippen LogP contribution in [0.15, 0.2) is 0 Å². The van der Waals surface area contributed by atoms with Crippen LogP contribution in [0.25, 0.3) is 0 Å². The van der Waals surface area contributed by atoms with E-state index in [1.165, 1.54) is 0 Å². The van der Waals surface area contributed by atoms with Gasteiger partial charge in [-0.05, 0) is 6.42 Å². The Morgan fingerprint density at radius 1 is 1.19 bits per heavy atom. The van der Waals surface area contributed by atoms with Crippen LogP contribution in [-0.2, 0) is 9.47 Å². The second-order valence-corrected chi connectivity index (χ2v) is 3.69. The highest BCUT2D eigenvalue weighted by Gasteiger charge is 2.12. The smallest absolute Gasteiger partial charge is 0.0816 e. The van der Waals surface area contributed by atoms with Crippen LogP contribution >= 0.6 is 24.8 Å². The molecule has 1 unspecified atom stereocenters. The van der Waals surface area contributed by atoms with Gasteiger partial charge in [-0.2, -0.15) is 0 Å². The average Bonchev–Trinajstić information content (AvgIpc) is 2.25. The van der Waals surface area contributed by atoms with Crippen molar-refractivity contribution in [3.63, 3.8) is 0 Å². The molecule has 0 saturated carbocycles. The molecule has 0 spiro atoms. The minimum absolute atomic E-state index is 0. The van der Waals surface area contributed by atoms with Crippen LogP contribution < -0.4 is 5.32 Å². The van der Waals surface area contributed by atoms with Crippen molar-refractivity contribution in [3.8, 4) is 0 Å². The van der Waals surface area contributed by atoms with Gasteiger partial charge in [0.05, 0.1) is 12.7 Å². The Balaban J connectivity index is 0. The van der Waals surface area contributed by atoms with Crippen LogP contribution in [0, 0.1) is 0 Å². The van der Waals surface area contributed by atoms with Crippen molar-refractivity contribution < 1.29 is 9.47 Å². The number of rotatable bonds is 6. The molecule has 0 bridgehead atoms. The molecule has 1 heterocycles. The van der Waals surface area contributed by atoms with Crippen LogP contribution in [0.3, 0.4) is 0 Å². The predicted molar refractivity (Wildman–Crippen MR) is 71.1 cm³/mol. The summed E-state index contributed by atoms with van der Waals surface area (Å²) in [6.07, 6.45) is 1.31. The second kappa shape index (κ2) is 11.9. The highest BCUT2D eigenvalue weighted by molar-refractivity contribution is 5.85. The number of methoxy groups -OCH3 is 2. The summed E-state index contributed by atoms with van der Waals surface area (Å²) in [6, 6.07) is 0. The molecule has 0 aliphatic carbocycles.